The maximum atomic E-state index is 12.6. The second-order valence-electron chi connectivity index (χ2n) is 4.99. The summed E-state index contributed by atoms with van der Waals surface area (Å²) < 4.78 is 5.12. The molecular formula is C16H18N2O2S. The fraction of sp³-hybridized carbons (Fsp3) is 0.312. The van der Waals surface area contributed by atoms with Gasteiger partial charge in [-0.25, -0.2) is 0 Å². The third-order valence-electron chi connectivity index (χ3n) is 3.72. The summed E-state index contributed by atoms with van der Waals surface area (Å²) in [6.45, 7) is 0. The molecule has 110 valence electrons. The minimum Gasteiger partial charge on any atom is -0.497 e. The Kier molecular flexibility index (Phi) is 3.84. The van der Waals surface area contributed by atoms with Crippen molar-refractivity contribution in [3.63, 3.8) is 0 Å². The highest BCUT2D eigenvalue weighted by Crippen LogP contribution is 2.39. The quantitative estimate of drug-likeness (QED) is 0.908. The molecule has 1 aromatic heterocycles. The zero-order chi connectivity index (χ0) is 14.8. The molecule has 0 saturated carbocycles. The Hall–Kier alpha value is -2.01. The van der Waals surface area contributed by atoms with Gasteiger partial charge in [-0.15, -0.1) is 11.3 Å². The number of fused-ring (bicyclic) bond motifs is 1. The number of nitrogens with one attached hydrogen (secondary N) is 2. The molecular weight excluding hydrogens is 284 g/mol. The monoisotopic (exact) mass is 302 g/mol. The first-order chi connectivity index (χ1) is 10.2. The lowest BCUT2D eigenvalue weighted by atomic mass is 10.1. The molecule has 3 rings (SSSR count). The zero-order valence-corrected chi connectivity index (χ0v) is 13.0. The number of benzene rings is 1. The lowest BCUT2D eigenvalue weighted by Gasteiger charge is -2.08. The van der Waals surface area contributed by atoms with E-state index in [9.17, 15) is 4.79 Å². The van der Waals surface area contributed by atoms with Crippen LogP contribution in [-0.2, 0) is 12.8 Å². The number of hydrogen-bond acceptors (Lipinski definition) is 4. The Balaban J connectivity index is 1.85. The number of rotatable bonds is 4. The van der Waals surface area contributed by atoms with Crippen LogP contribution in [0.25, 0.3) is 0 Å². The van der Waals surface area contributed by atoms with Crippen molar-refractivity contribution in [2.24, 2.45) is 0 Å². The van der Waals surface area contributed by atoms with Gasteiger partial charge in [0.1, 0.15) is 10.8 Å². The van der Waals surface area contributed by atoms with E-state index < -0.39 is 0 Å². The first-order valence-electron chi connectivity index (χ1n) is 7.00. The smallest absolute Gasteiger partial charge is 0.258 e. The molecule has 1 aliphatic rings. The van der Waals surface area contributed by atoms with Gasteiger partial charge in [-0.2, -0.15) is 0 Å². The van der Waals surface area contributed by atoms with Gasteiger partial charge < -0.3 is 15.4 Å². The van der Waals surface area contributed by atoms with Crippen LogP contribution >= 0.6 is 11.3 Å². The van der Waals surface area contributed by atoms with Crippen molar-refractivity contribution < 1.29 is 9.53 Å². The molecule has 0 saturated heterocycles. The molecule has 0 atom stereocenters. The molecule has 2 aromatic rings. The average molecular weight is 302 g/mol. The molecule has 2 N–H and O–H groups in total. The Bertz CT molecular complexity index is 662. The Morgan fingerprint density at radius 3 is 2.67 bits per heavy atom. The first-order valence-corrected chi connectivity index (χ1v) is 7.82. The predicted molar refractivity (Wildman–Crippen MR) is 86.8 cm³/mol. The molecule has 1 aliphatic carbocycles. The SMILES string of the molecule is CNc1sc2c(c1C(=O)Nc1ccc(OC)cc1)CCC2. The van der Waals surface area contributed by atoms with E-state index in [1.165, 1.54) is 10.4 Å². The van der Waals surface area contributed by atoms with Gasteiger partial charge in [0.2, 0.25) is 0 Å². The number of anilines is 2. The molecule has 0 fully saturated rings. The van der Waals surface area contributed by atoms with Crippen LogP contribution in [0.2, 0.25) is 0 Å². The number of methoxy groups -OCH3 is 1. The topological polar surface area (TPSA) is 50.4 Å². The zero-order valence-electron chi connectivity index (χ0n) is 12.2. The van der Waals surface area contributed by atoms with Crippen LogP contribution < -0.4 is 15.4 Å². The van der Waals surface area contributed by atoms with Crippen LogP contribution in [0.5, 0.6) is 5.75 Å². The summed E-state index contributed by atoms with van der Waals surface area (Å²) in [4.78, 5) is 13.9. The number of amides is 1. The highest BCUT2D eigenvalue weighted by molar-refractivity contribution is 7.16. The number of hydrogen-bond donors (Lipinski definition) is 2. The summed E-state index contributed by atoms with van der Waals surface area (Å²) in [5.74, 6) is 0.740. The number of ether oxygens (including phenoxy) is 1. The van der Waals surface area contributed by atoms with Crippen LogP contribution in [0.1, 0.15) is 27.2 Å². The minimum atomic E-state index is -0.0380. The van der Waals surface area contributed by atoms with E-state index in [1.54, 1.807) is 18.4 Å². The van der Waals surface area contributed by atoms with Crippen molar-refractivity contribution in [3.05, 3.63) is 40.3 Å². The Morgan fingerprint density at radius 1 is 1.24 bits per heavy atom. The van der Waals surface area contributed by atoms with Gasteiger partial charge in [0.05, 0.1) is 12.7 Å². The van der Waals surface area contributed by atoms with Gasteiger partial charge in [-0.1, -0.05) is 0 Å². The third-order valence-corrected chi connectivity index (χ3v) is 5.03. The molecule has 0 bridgehead atoms. The highest BCUT2D eigenvalue weighted by atomic mass is 32.1. The fourth-order valence-electron chi connectivity index (χ4n) is 2.69. The number of carbonyl (C=O) groups excluding carboxylic acids is 1. The van der Waals surface area contributed by atoms with Crippen LogP contribution in [0, 0.1) is 0 Å². The summed E-state index contributed by atoms with van der Waals surface area (Å²) in [5, 5.41) is 7.08. The summed E-state index contributed by atoms with van der Waals surface area (Å²) >= 11 is 1.70. The van der Waals surface area contributed by atoms with Crippen LogP contribution in [0.15, 0.2) is 24.3 Å². The Morgan fingerprint density at radius 2 is 2.00 bits per heavy atom. The van der Waals surface area contributed by atoms with Gasteiger partial charge in [0.25, 0.3) is 5.91 Å². The van der Waals surface area contributed by atoms with Crippen molar-refractivity contribution in [2.45, 2.75) is 19.3 Å². The van der Waals surface area contributed by atoms with E-state index in [4.69, 9.17) is 4.74 Å². The lowest BCUT2D eigenvalue weighted by molar-refractivity contribution is 0.102. The maximum absolute atomic E-state index is 12.6. The van der Waals surface area contributed by atoms with Crippen molar-refractivity contribution >= 4 is 27.9 Å². The molecule has 1 heterocycles. The Labute approximate surface area is 128 Å². The minimum absolute atomic E-state index is 0.0380. The van der Waals surface area contributed by atoms with Gasteiger partial charge in [-0.05, 0) is 49.1 Å². The van der Waals surface area contributed by atoms with Gasteiger partial charge >= 0.3 is 0 Å². The predicted octanol–water partition coefficient (Wildman–Crippen LogP) is 3.54. The molecule has 5 heteroatoms. The molecule has 1 aromatic carbocycles. The number of carbonyl (C=O) groups is 1. The summed E-state index contributed by atoms with van der Waals surface area (Å²) in [7, 11) is 3.49. The van der Waals surface area contributed by atoms with E-state index in [1.807, 2.05) is 31.3 Å². The van der Waals surface area contributed by atoms with Crippen molar-refractivity contribution in [1.29, 1.82) is 0 Å². The molecule has 0 unspecified atom stereocenters. The molecule has 0 radical (unpaired) electrons. The van der Waals surface area contributed by atoms with Crippen molar-refractivity contribution in [1.82, 2.24) is 0 Å². The highest BCUT2D eigenvalue weighted by Gasteiger charge is 2.26. The van der Waals surface area contributed by atoms with E-state index in [0.717, 1.165) is 41.3 Å². The van der Waals surface area contributed by atoms with E-state index in [2.05, 4.69) is 10.6 Å². The number of thiophene rings is 1. The van der Waals surface area contributed by atoms with Crippen LogP contribution in [-0.4, -0.2) is 20.1 Å². The fourth-order valence-corrected chi connectivity index (χ4v) is 3.93. The van der Waals surface area contributed by atoms with Crippen LogP contribution in [0.4, 0.5) is 10.7 Å². The first kappa shape index (κ1) is 13.9. The van der Waals surface area contributed by atoms with E-state index in [0.29, 0.717) is 0 Å². The summed E-state index contributed by atoms with van der Waals surface area (Å²) in [6.07, 6.45) is 3.23. The van der Waals surface area contributed by atoms with Gasteiger partial charge in [-0.3, -0.25) is 4.79 Å². The molecule has 4 nitrogen and oxygen atoms in total. The largest absolute Gasteiger partial charge is 0.497 e. The van der Waals surface area contributed by atoms with E-state index >= 15 is 0 Å². The second kappa shape index (κ2) is 5.77. The molecule has 0 spiro atoms. The van der Waals surface area contributed by atoms with Crippen molar-refractivity contribution in [2.75, 3.05) is 24.8 Å². The third kappa shape index (κ3) is 2.61. The van der Waals surface area contributed by atoms with Gasteiger partial charge in [0.15, 0.2) is 0 Å². The van der Waals surface area contributed by atoms with Gasteiger partial charge in [0, 0.05) is 17.6 Å². The average Bonchev–Trinajstić information content (AvgIpc) is 3.07. The summed E-state index contributed by atoms with van der Waals surface area (Å²) in [6, 6.07) is 7.38. The second-order valence-corrected chi connectivity index (χ2v) is 6.10. The van der Waals surface area contributed by atoms with Crippen LogP contribution in [0.3, 0.4) is 0 Å². The lowest BCUT2D eigenvalue weighted by Crippen LogP contribution is -2.14. The standard InChI is InChI=1S/C16H18N2O2S/c1-17-16-14(12-4-3-5-13(12)21-16)15(19)18-10-6-8-11(20-2)9-7-10/h6-9,17H,3-5H2,1-2H3,(H,18,19). The van der Waals surface area contributed by atoms with Crippen molar-refractivity contribution in [3.8, 4) is 5.75 Å². The maximum Gasteiger partial charge on any atom is 0.258 e. The molecule has 21 heavy (non-hydrogen) atoms. The molecule has 0 aliphatic heterocycles. The normalized spacial score (nSPS) is 12.9. The number of aryl methyl sites for hydroxylation is 1. The molecule has 1 amide bonds. The van der Waals surface area contributed by atoms with E-state index in [-0.39, 0.29) is 5.91 Å². The summed E-state index contributed by atoms with van der Waals surface area (Å²) in [5.41, 5.74) is 2.81.